The normalized spacial score (nSPS) is 15.7. The quantitative estimate of drug-likeness (QED) is 0.699. The number of amides is 1. The molecular weight excluding hydrogens is 370 g/mol. The van der Waals surface area contributed by atoms with Gasteiger partial charge in [0.25, 0.3) is 5.91 Å². The van der Waals surface area contributed by atoms with E-state index < -0.39 is 5.97 Å². The maximum Gasteiger partial charge on any atom is 0.339 e. The Morgan fingerprint density at radius 1 is 1.24 bits per heavy atom. The van der Waals surface area contributed by atoms with Crippen LogP contribution in [0.15, 0.2) is 30.3 Å². The summed E-state index contributed by atoms with van der Waals surface area (Å²) in [4.78, 5) is 30.7. The number of aromatic nitrogens is 1. The standard InChI is InChI=1S/C22H29N3O4/c1-4-17-19(22(27)28-3)15(2)20(23-17)21(26)24-18(16-8-6-5-7-9-16)14-25-10-12-29-13-11-25/h5-9,18,23H,4,10-14H2,1-3H3,(H,24,26). The second-order valence-corrected chi connectivity index (χ2v) is 7.17. The van der Waals surface area contributed by atoms with Gasteiger partial charge in [0.1, 0.15) is 5.69 Å². The van der Waals surface area contributed by atoms with Crippen molar-refractivity contribution in [3.63, 3.8) is 0 Å². The van der Waals surface area contributed by atoms with Gasteiger partial charge in [-0.3, -0.25) is 9.69 Å². The van der Waals surface area contributed by atoms with Crippen LogP contribution in [0.2, 0.25) is 0 Å². The summed E-state index contributed by atoms with van der Waals surface area (Å²) in [5.41, 5.74) is 3.23. The van der Waals surface area contributed by atoms with Gasteiger partial charge in [-0.1, -0.05) is 37.3 Å². The lowest BCUT2D eigenvalue weighted by Gasteiger charge is -2.31. The smallest absolute Gasteiger partial charge is 0.339 e. The van der Waals surface area contributed by atoms with Crippen LogP contribution in [0.5, 0.6) is 0 Å². The van der Waals surface area contributed by atoms with Gasteiger partial charge in [-0.25, -0.2) is 4.79 Å². The van der Waals surface area contributed by atoms with Crippen LogP contribution in [0.25, 0.3) is 0 Å². The lowest BCUT2D eigenvalue weighted by Crippen LogP contribution is -2.43. The molecule has 0 aliphatic carbocycles. The number of hydrogen-bond acceptors (Lipinski definition) is 5. The number of nitrogens with one attached hydrogen (secondary N) is 2. The molecule has 2 N–H and O–H groups in total. The lowest BCUT2D eigenvalue weighted by molar-refractivity contribution is 0.0332. The molecule has 0 spiro atoms. The van der Waals surface area contributed by atoms with Gasteiger partial charge in [0.2, 0.25) is 0 Å². The first kappa shape index (κ1) is 21.1. The summed E-state index contributed by atoms with van der Waals surface area (Å²) < 4.78 is 10.3. The number of benzene rings is 1. The number of aryl methyl sites for hydroxylation is 1. The average molecular weight is 399 g/mol. The fourth-order valence-corrected chi connectivity index (χ4v) is 3.72. The number of aromatic amines is 1. The summed E-state index contributed by atoms with van der Waals surface area (Å²) in [6.07, 6.45) is 0.606. The third-order valence-electron chi connectivity index (χ3n) is 5.35. The zero-order valence-corrected chi connectivity index (χ0v) is 17.3. The second-order valence-electron chi connectivity index (χ2n) is 7.17. The van der Waals surface area contributed by atoms with E-state index in [9.17, 15) is 9.59 Å². The average Bonchev–Trinajstić information content (AvgIpc) is 3.10. The highest BCUT2D eigenvalue weighted by Crippen LogP contribution is 2.22. The fourth-order valence-electron chi connectivity index (χ4n) is 3.72. The zero-order chi connectivity index (χ0) is 20.8. The summed E-state index contributed by atoms with van der Waals surface area (Å²) in [5, 5.41) is 3.15. The number of rotatable bonds is 7. The summed E-state index contributed by atoms with van der Waals surface area (Å²) in [5.74, 6) is -0.656. The SMILES string of the molecule is CCc1[nH]c(C(=O)NC(CN2CCOCC2)c2ccccc2)c(C)c1C(=O)OC. The molecule has 29 heavy (non-hydrogen) atoms. The monoisotopic (exact) mass is 399 g/mol. The maximum absolute atomic E-state index is 13.1. The summed E-state index contributed by atoms with van der Waals surface area (Å²) in [6.45, 7) is 7.49. The maximum atomic E-state index is 13.1. The first-order valence-corrected chi connectivity index (χ1v) is 10.0. The van der Waals surface area contributed by atoms with Gasteiger partial charge in [0.05, 0.1) is 31.9 Å². The highest BCUT2D eigenvalue weighted by molar-refractivity contribution is 6.00. The third-order valence-corrected chi connectivity index (χ3v) is 5.35. The van der Waals surface area contributed by atoms with Crippen molar-refractivity contribution in [2.24, 2.45) is 0 Å². The number of nitrogens with zero attached hydrogens (tertiary/aromatic N) is 1. The van der Waals surface area contributed by atoms with Gasteiger partial charge in [0, 0.05) is 25.3 Å². The van der Waals surface area contributed by atoms with Crippen molar-refractivity contribution in [1.29, 1.82) is 0 Å². The number of H-pyrrole nitrogens is 1. The van der Waals surface area contributed by atoms with E-state index in [1.165, 1.54) is 7.11 Å². The molecule has 1 unspecified atom stereocenters. The molecule has 1 aromatic carbocycles. The number of methoxy groups -OCH3 is 1. The Hall–Kier alpha value is -2.64. The van der Waals surface area contributed by atoms with Crippen LogP contribution in [0, 0.1) is 6.92 Å². The summed E-state index contributed by atoms with van der Waals surface area (Å²) in [7, 11) is 1.35. The summed E-state index contributed by atoms with van der Waals surface area (Å²) in [6, 6.07) is 9.77. The van der Waals surface area contributed by atoms with E-state index in [0.717, 1.165) is 18.7 Å². The molecule has 1 aromatic heterocycles. The summed E-state index contributed by atoms with van der Waals surface area (Å²) >= 11 is 0. The van der Waals surface area contributed by atoms with Crippen molar-refractivity contribution in [3.05, 3.63) is 58.4 Å². The predicted octanol–water partition coefficient (Wildman–Crippen LogP) is 2.48. The highest BCUT2D eigenvalue weighted by Gasteiger charge is 2.26. The van der Waals surface area contributed by atoms with Crippen LogP contribution in [0.4, 0.5) is 0 Å². The van der Waals surface area contributed by atoms with E-state index in [0.29, 0.717) is 48.7 Å². The molecule has 7 nitrogen and oxygen atoms in total. The van der Waals surface area contributed by atoms with Crippen LogP contribution in [-0.4, -0.2) is 61.7 Å². The molecule has 0 bridgehead atoms. The van der Waals surface area contributed by atoms with Gasteiger partial charge in [-0.05, 0) is 24.5 Å². The Morgan fingerprint density at radius 2 is 1.93 bits per heavy atom. The molecule has 1 aliphatic rings. The van der Waals surface area contributed by atoms with Gasteiger partial charge in [0.15, 0.2) is 0 Å². The molecule has 1 saturated heterocycles. The zero-order valence-electron chi connectivity index (χ0n) is 17.3. The van der Waals surface area contributed by atoms with Crippen molar-refractivity contribution in [2.75, 3.05) is 40.0 Å². The second kappa shape index (κ2) is 9.71. The molecule has 2 heterocycles. The molecule has 1 fully saturated rings. The lowest BCUT2D eigenvalue weighted by atomic mass is 10.0. The molecule has 0 radical (unpaired) electrons. The van der Waals surface area contributed by atoms with E-state index in [2.05, 4.69) is 15.2 Å². The van der Waals surface area contributed by atoms with E-state index in [1.807, 2.05) is 37.3 Å². The molecule has 7 heteroatoms. The van der Waals surface area contributed by atoms with Crippen molar-refractivity contribution in [2.45, 2.75) is 26.3 Å². The number of hydrogen-bond donors (Lipinski definition) is 2. The highest BCUT2D eigenvalue weighted by atomic mass is 16.5. The van der Waals surface area contributed by atoms with Gasteiger partial charge in [-0.2, -0.15) is 0 Å². The van der Waals surface area contributed by atoms with E-state index in [-0.39, 0.29) is 11.9 Å². The van der Waals surface area contributed by atoms with Crippen LogP contribution < -0.4 is 5.32 Å². The minimum Gasteiger partial charge on any atom is -0.465 e. The van der Waals surface area contributed by atoms with Crippen LogP contribution in [-0.2, 0) is 15.9 Å². The Bertz CT molecular complexity index is 841. The van der Waals surface area contributed by atoms with Crippen LogP contribution in [0.3, 0.4) is 0 Å². The van der Waals surface area contributed by atoms with Crippen molar-refractivity contribution >= 4 is 11.9 Å². The fraction of sp³-hybridized carbons (Fsp3) is 0.455. The van der Waals surface area contributed by atoms with Gasteiger partial charge in [-0.15, -0.1) is 0 Å². The number of esters is 1. The Labute approximate surface area is 171 Å². The van der Waals surface area contributed by atoms with E-state index >= 15 is 0 Å². The van der Waals surface area contributed by atoms with E-state index in [4.69, 9.17) is 9.47 Å². The minimum absolute atomic E-state index is 0.170. The molecule has 3 rings (SSSR count). The number of ether oxygens (including phenoxy) is 2. The van der Waals surface area contributed by atoms with Crippen molar-refractivity contribution < 1.29 is 19.1 Å². The number of morpholine rings is 1. The minimum atomic E-state index is -0.428. The van der Waals surface area contributed by atoms with Crippen molar-refractivity contribution in [3.8, 4) is 0 Å². The first-order chi connectivity index (χ1) is 14.0. The Balaban J connectivity index is 1.84. The van der Waals surface area contributed by atoms with Crippen LogP contribution >= 0.6 is 0 Å². The largest absolute Gasteiger partial charge is 0.465 e. The molecule has 1 atom stereocenters. The van der Waals surface area contributed by atoms with Gasteiger partial charge >= 0.3 is 5.97 Å². The Kier molecular flexibility index (Phi) is 7.06. The number of carbonyl (C=O) groups is 2. The third kappa shape index (κ3) is 4.86. The Morgan fingerprint density at radius 3 is 2.55 bits per heavy atom. The predicted molar refractivity (Wildman–Crippen MR) is 110 cm³/mol. The van der Waals surface area contributed by atoms with Crippen molar-refractivity contribution in [1.82, 2.24) is 15.2 Å². The molecule has 2 aromatic rings. The molecule has 0 saturated carbocycles. The molecule has 1 amide bonds. The van der Waals surface area contributed by atoms with Gasteiger partial charge < -0.3 is 19.8 Å². The van der Waals surface area contributed by atoms with E-state index in [1.54, 1.807) is 6.92 Å². The first-order valence-electron chi connectivity index (χ1n) is 10.0. The molecule has 156 valence electrons. The van der Waals surface area contributed by atoms with Crippen LogP contribution in [0.1, 0.15) is 50.6 Å². The number of carbonyl (C=O) groups excluding carboxylic acids is 2. The molecule has 1 aliphatic heterocycles. The molecular formula is C22H29N3O4. The topological polar surface area (TPSA) is 83.7 Å².